The van der Waals surface area contributed by atoms with E-state index in [0.717, 1.165) is 23.5 Å². The first-order valence-corrected chi connectivity index (χ1v) is 5.99. The second-order valence-corrected chi connectivity index (χ2v) is 4.66. The van der Waals surface area contributed by atoms with Crippen molar-refractivity contribution in [1.82, 2.24) is 9.97 Å². The van der Waals surface area contributed by atoms with Crippen LogP contribution < -0.4 is 0 Å². The molecule has 0 fully saturated rings. The van der Waals surface area contributed by atoms with Gasteiger partial charge in [-0.25, -0.2) is 9.97 Å². The van der Waals surface area contributed by atoms with E-state index >= 15 is 0 Å². The lowest BCUT2D eigenvalue weighted by molar-refractivity contribution is 0.927. The summed E-state index contributed by atoms with van der Waals surface area (Å²) in [6.45, 7) is 5.97. The quantitative estimate of drug-likeness (QED) is 0.756. The van der Waals surface area contributed by atoms with Gasteiger partial charge in [0.2, 0.25) is 0 Å². The van der Waals surface area contributed by atoms with E-state index < -0.39 is 0 Å². The number of hydrogen-bond acceptors (Lipinski definition) is 2. The summed E-state index contributed by atoms with van der Waals surface area (Å²) in [6, 6.07) is 8.39. The number of halogens is 1. The van der Waals surface area contributed by atoms with Gasteiger partial charge in [0.1, 0.15) is 11.0 Å². The molecule has 0 saturated carbocycles. The van der Waals surface area contributed by atoms with Gasteiger partial charge in [0.05, 0.1) is 0 Å². The molecule has 0 aliphatic heterocycles. The first-order chi connectivity index (χ1) is 8.06. The zero-order valence-corrected chi connectivity index (χ0v) is 11.0. The highest BCUT2D eigenvalue weighted by Gasteiger charge is 2.06. The van der Waals surface area contributed by atoms with Crippen LogP contribution in [0.25, 0.3) is 0 Å². The summed E-state index contributed by atoms with van der Waals surface area (Å²) < 4.78 is 0. The van der Waals surface area contributed by atoms with E-state index in [0.29, 0.717) is 5.15 Å². The van der Waals surface area contributed by atoms with Crippen LogP contribution in [0.4, 0.5) is 0 Å². The molecule has 0 amide bonds. The maximum atomic E-state index is 6.06. The molecule has 0 spiro atoms. The molecule has 88 valence electrons. The third-order valence-corrected chi connectivity index (χ3v) is 3.23. The van der Waals surface area contributed by atoms with Crippen molar-refractivity contribution < 1.29 is 0 Å². The van der Waals surface area contributed by atoms with E-state index in [-0.39, 0.29) is 0 Å². The molecule has 0 bridgehead atoms. The first-order valence-electron chi connectivity index (χ1n) is 5.61. The Balaban J connectivity index is 2.27. The zero-order chi connectivity index (χ0) is 12.4. The number of benzene rings is 1. The van der Waals surface area contributed by atoms with Crippen LogP contribution in [0.3, 0.4) is 0 Å². The summed E-state index contributed by atoms with van der Waals surface area (Å²) in [6.07, 6.45) is 0.723. The molecule has 17 heavy (non-hydrogen) atoms. The number of aromatic nitrogens is 2. The Hall–Kier alpha value is -1.41. The highest BCUT2D eigenvalue weighted by atomic mass is 35.5. The molecule has 1 aromatic carbocycles. The van der Waals surface area contributed by atoms with E-state index in [9.17, 15) is 0 Å². The smallest absolute Gasteiger partial charge is 0.135 e. The molecule has 0 aliphatic carbocycles. The minimum Gasteiger partial charge on any atom is -0.238 e. The van der Waals surface area contributed by atoms with Gasteiger partial charge >= 0.3 is 0 Å². The van der Waals surface area contributed by atoms with Gasteiger partial charge < -0.3 is 0 Å². The van der Waals surface area contributed by atoms with Crippen molar-refractivity contribution in [3.63, 3.8) is 0 Å². The molecular formula is C14H15ClN2. The lowest BCUT2D eigenvalue weighted by Gasteiger charge is -2.06. The fourth-order valence-electron chi connectivity index (χ4n) is 1.62. The van der Waals surface area contributed by atoms with Crippen LogP contribution in [-0.2, 0) is 6.42 Å². The number of aryl methyl sites for hydroxylation is 2. The topological polar surface area (TPSA) is 25.8 Å². The molecular weight excluding hydrogens is 232 g/mol. The van der Waals surface area contributed by atoms with Crippen molar-refractivity contribution in [2.45, 2.75) is 27.2 Å². The largest absolute Gasteiger partial charge is 0.238 e. The molecule has 0 radical (unpaired) electrons. The highest BCUT2D eigenvalue weighted by molar-refractivity contribution is 6.30. The van der Waals surface area contributed by atoms with E-state index in [1.54, 1.807) is 0 Å². The number of rotatable bonds is 2. The predicted molar refractivity (Wildman–Crippen MR) is 70.5 cm³/mol. The lowest BCUT2D eigenvalue weighted by Crippen LogP contribution is -2.01. The molecule has 0 unspecified atom stereocenters. The summed E-state index contributed by atoms with van der Waals surface area (Å²) in [7, 11) is 0. The average Bonchev–Trinajstić information content (AvgIpc) is 2.29. The molecule has 1 heterocycles. The molecule has 0 atom stereocenters. The van der Waals surface area contributed by atoms with Gasteiger partial charge in [-0.15, -0.1) is 0 Å². The number of nitrogens with zero attached hydrogens (tertiary/aromatic N) is 2. The monoisotopic (exact) mass is 246 g/mol. The minimum absolute atomic E-state index is 0.555. The van der Waals surface area contributed by atoms with Gasteiger partial charge in [-0.3, -0.25) is 0 Å². The highest BCUT2D eigenvalue weighted by Crippen LogP contribution is 2.16. The van der Waals surface area contributed by atoms with E-state index in [1.807, 2.05) is 13.8 Å². The van der Waals surface area contributed by atoms with Gasteiger partial charge in [-0.1, -0.05) is 41.4 Å². The van der Waals surface area contributed by atoms with Gasteiger partial charge in [0.25, 0.3) is 0 Å². The van der Waals surface area contributed by atoms with Crippen LogP contribution in [0.5, 0.6) is 0 Å². The van der Waals surface area contributed by atoms with Crippen molar-refractivity contribution >= 4 is 11.6 Å². The molecule has 1 aromatic heterocycles. The van der Waals surface area contributed by atoms with Crippen LogP contribution in [-0.4, -0.2) is 9.97 Å². The van der Waals surface area contributed by atoms with Crippen molar-refractivity contribution in [2.75, 3.05) is 0 Å². The predicted octanol–water partition coefficient (Wildman–Crippen LogP) is 3.65. The van der Waals surface area contributed by atoms with Gasteiger partial charge in [-0.05, 0) is 26.3 Å². The molecule has 0 aliphatic rings. The summed E-state index contributed by atoms with van der Waals surface area (Å²) in [4.78, 5) is 8.76. The average molecular weight is 247 g/mol. The lowest BCUT2D eigenvalue weighted by atomic mass is 10.1. The van der Waals surface area contributed by atoms with Crippen molar-refractivity contribution in [2.24, 2.45) is 0 Å². The summed E-state index contributed by atoms with van der Waals surface area (Å²) in [5.74, 6) is 0.780. The molecule has 3 heteroatoms. The molecule has 2 rings (SSSR count). The second-order valence-electron chi connectivity index (χ2n) is 4.30. The van der Waals surface area contributed by atoms with E-state index in [2.05, 4.69) is 41.2 Å². The van der Waals surface area contributed by atoms with Crippen molar-refractivity contribution in [3.8, 4) is 0 Å². The van der Waals surface area contributed by atoms with Crippen LogP contribution in [0.1, 0.15) is 28.2 Å². The Morgan fingerprint density at radius 3 is 2.24 bits per heavy atom. The Morgan fingerprint density at radius 2 is 1.65 bits per heavy atom. The van der Waals surface area contributed by atoms with Crippen LogP contribution in [0.15, 0.2) is 24.3 Å². The van der Waals surface area contributed by atoms with Crippen molar-refractivity contribution in [1.29, 1.82) is 0 Å². The van der Waals surface area contributed by atoms with Crippen LogP contribution in [0.2, 0.25) is 5.15 Å². The fraction of sp³-hybridized carbons (Fsp3) is 0.286. The second kappa shape index (κ2) is 4.84. The summed E-state index contributed by atoms with van der Waals surface area (Å²) in [5.41, 5.74) is 4.37. The van der Waals surface area contributed by atoms with Gasteiger partial charge in [0.15, 0.2) is 0 Å². The third-order valence-electron chi connectivity index (χ3n) is 2.86. The normalized spacial score (nSPS) is 10.6. The van der Waals surface area contributed by atoms with Crippen LogP contribution in [0, 0.1) is 20.8 Å². The third kappa shape index (κ3) is 2.83. The molecule has 0 N–H and O–H groups in total. The van der Waals surface area contributed by atoms with Crippen molar-refractivity contribution in [3.05, 3.63) is 57.6 Å². The first kappa shape index (κ1) is 12.1. The fourth-order valence-corrected chi connectivity index (χ4v) is 1.85. The summed E-state index contributed by atoms with van der Waals surface area (Å²) >= 11 is 6.06. The van der Waals surface area contributed by atoms with Gasteiger partial charge in [-0.2, -0.15) is 0 Å². The van der Waals surface area contributed by atoms with E-state index in [1.165, 1.54) is 11.1 Å². The maximum Gasteiger partial charge on any atom is 0.135 e. The van der Waals surface area contributed by atoms with Gasteiger partial charge in [0, 0.05) is 17.7 Å². The maximum absolute atomic E-state index is 6.06. The zero-order valence-electron chi connectivity index (χ0n) is 10.3. The summed E-state index contributed by atoms with van der Waals surface area (Å²) in [5, 5.41) is 0.555. The minimum atomic E-state index is 0.555. The Morgan fingerprint density at radius 1 is 1.00 bits per heavy atom. The molecule has 2 nitrogen and oxygen atoms in total. The standard InChI is InChI=1S/C14H15ClN2/c1-9-4-6-12(7-5-9)8-13-16-11(3)10(2)14(15)17-13/h4-7H,8H2,1-3H3. The van der Waals surface area contributed by atoms with Crippen LogP contribution >= 0.6 is 11.6 Å². The molecule has 2 aromatic rings. The molecule has 0 saturated heterocycles. The SMILES string of the molecule is Cc1ccc(Cc2nc(C)c(C)c(Cl)n2)cc1. The number of hydrogen-bond donors (Lipinski definition) is 0. The Bertz CT molecular complexity index is 509. The Labute approximate surface area is 107 Å². The van der Waals surface area contributed by atoms with E-state index in [4.69, 9.17) is 11.6 Å². The Kier molecular flexibility index (Phi) is 3.43.